The van der Waals surface area contributed by atoms with Crippen LogP contribution in [-0.2, 0) is 15.7 Å². The highest BCUT2D eigenvalue weighted by molar-refractivity contribution is 5.97. The summed E-state index contributed by atoms with van der Waals surface area (Å²) in [5.74, 6) is -0.942. The first kappa shape index (κ1) is 19.2. The number of carbonyl (C=O) groups is 2. The number of halogens is 3. The number of alkyl halides is 3. The monoisotopic (exact) mass is 330 g/mol. The van der Waals surface area contributed by atoms with Crippen LogP contribution in [0.25, 0.3) is 0 Å². The lowest BCUT2D eigenvalue weighted by Crippen LogP contribution is -2.23. The summed E-state index contributed by atoms with van der Waals surface area (Å²) < 4.78 is 43.7. The molecule has 23 heavy (non-hydrogen) atoms. The molecule has 0 spiro atoms. The Bertz CT molecular complexity index is 557. The maximum Gasteiger partial charge on any atom is 0.417 e. The molecule has 0 amide bonds. The van der Waals surface area contributed by atoms with Gasteiger partial charge in [-0.15, -0.1) is 0 Å². The van der Waals surface area contributed by atoms with Crippen LogP contribution in [0.2, 0.25) is 0 Å². The van der Waals surface area contributed by atoms with Crippen molar-refractivity contribution in [2.75, 3.05) is 0 Å². The third kappa shape index (κ3) is 6.84. The number of carbonyl (C=O) groups excluding carboxylic acids is 2. The van der Waals surface area contributed by atoms with Crippen molar-refractivity contribution >= 4 is 11.8 Å². The lowest BCUT2D eigenvalue weighted by molar-refractivity contribution is -0.154. The van der Waals surface area contributed by atoms with Crippen LogP contribution in [0, 0.1) is 0 Å². The van der Waals surface area contributed by atoms with E-state index in [0.717, 1.165) is 6.07 Å². The van der Waals surface area contributed by atoms with Crippen molar-refractivity contribution in [1.82, 2.24) is 0 Å². The molecule has 0 aliphatic heterocycles. The molecule has 128 valence electrons. The molecule has 0 fully saturated rings. The van der Waals surface area contributed by atoms with Gasteiger partial charge in [0.1, 0.15) is 5.60 Å². The van der Waals surface area contributed by atoms with Gasteiger partial charge in [-0.2, -0.15) is 13.2 Å². The molecular formula is C17H21F3O3. The number of Topliss-reactive ketones (excluding diaryl/α,β-unsaturated/α-hetero) is 1. The molecule has 0 saturated heterocycles. The highest BCUT2D eigenvalue weighted by Crippen LogP contribution is 2.32. The number of benzene rings is 1. The summed E-state index contributed by atoms with van der Waals surface area (Å²) in [5.41, 5.74) is -1.81. The van der Waals surface area contributed by atoms with Crippen molar-refractivity contribution in [3.05, 3.63) is 35.4 Å². The van der Waals surface area contributed by atoms with Crippen LogP contribution in [0.3, 0.4) is 0 Å². The van der Waals surface area contributed by atoms with E-state index in [4.69, 9.17) is 4.74 Å². The zero-order valence-electron chi connectivity index (χ0n) is 13.5. The zero-order valence-corrected chi connectivity index (χ0v) is 13.5. The Labute approximate surface area is 133 Å². The number of hydrogen-bond acceptors (Lipinski definition) is 3. The second kappa shape index (κ2) is 7.62. The molecule has 0 unspecified atom stereocenters. The Morgan fingerprint density at radius 3 is 2.13 bits per heavy atom. The van der Waals surface area contributed by atoms with E-state index in [-0.39, 0.29) is 24.4 Å². The lowest BCUT2D eigenvalue weighted by atomic mass is 9.99. The molecule has 0 N–H and O–H groups in total. The first-order valence-electron chi connectivity index (χ1n) is 7.42. The molecule has 0 aliphatic rings. The molecule has 0 saturated carbocycles. The normalized spacial score (nSPS) is 12.1. The molecule has 0 radical (unpaired) electrons. The summed E-state index contributed by atoms with van der Waals surface area (Å²) in [4.78, 5) is 23.5. The molecule has 6 heteroatoms. The smallest absolute Gasteiger partial charge is 0.417 e. The Kier molecular flexibility index (Phi) is 6.36. The van der Waals surface area contributed by atoms with Crippen LogP contribution in [-0.4, -0.2) is 17.4 Å². The minimum Gasteiger partial charge on any atom is -0.460 e. The van der Waals surface area contributed by atoms with Gasteiger partial charge in [0.05, 0.1) is 5.56 Å². The molecule has 0 atom stereocenters. The van der Waals surface area contributed by atoms with E-state index in [2.05, 4.69) is 0 Å². The number of ether oxygens (including phenoxy) is 1. The van der Waals surface area contributed by atoms with Crippen LogP contribution < -0.4 is 0 Å². The van der Waals surface area contributed by atoms with Crippen molar-refractivity contribution in [3.63, 3.8) is 0 Å². The van der Waals surface area contributed by atoms with Crippen molar-refractivity contribution in [1.29, 1.82) is 0 Å². The van der Waals surface area contributed by atoms with E-state index >= 15 is 0 Å². The summed E-state index contributed by atoms with van der Waals surface area (Å²) in [6.45, 7) is 5.26. The van der Waals surface area contributed by atoms with Gasteiger partial charge >= 0.3 is 12.1 Å². The van der Waals surface area contributed by atoms with Crippen molar-refractivity contribution in [2.24, 2.45) is 0 Å². The predicted octanol–water partition coefficient (Wildman–Crippen LogP) is 4.79. The van der Waals surface area contributed by atoms with Crippen molar-refractivity contribution < 1.29 is 27.5 Å². The van der Waals surface area contributed by atoms with Crippen LogP contribution in [0.5, 0.6) is 0 Å². The molecule has 3 nitrogen and oxygen atoms in total. The van der Waals surface area contributed by atoms with E-state index < -0.39 is 23.1 Å². The molecule has 0 aromatic heterocycles. The van der Waals surface area contributed by atoms with Gasteiger partial charge < -0.3 is 4.74 Å². The third-order valence-electron chi connectivity index (χ3n) is 2.99. The van der Waals surface area contributed by atoms with Crippen LogP contribution in [0.15, 0.2) is 24.3 Å². The first-order valence-corrected chi connectivity index (χ1v) is 7.42. The molecule has 0 aliphatic carbocycles. The highest BCUT2D eigenvalue weighted by Gasteiger charge is 2.34. The molecule has 1 aromatic rings. The van der Waals surface area contributed by atoms with Gasteiger partial charge in [0.25, 0.3) is 0 Å². The van der Waals surface area contributed by atoms with Crippen LogP contribution in [0.4, 0.5) is 13.2 Å². The minimum absolute atomic E-state index is 0.0319. The predicted molar refractivity (Wildman–Crippen MR) is 80.1 cm³/mol. The second-order valence-corrected chi connectivity index (χ2v) is 6.26. The lowest BCUT2D eigenvalue weighted by Gasteiger charge is -2.19. The second-order valence-electron chi connectivity index (χ2n) is 6.26. The van der Waals surface area contributed by atoms with Gasteiger partial charge in [-0.1, -0.05) is 18.2 Å². The third-order valence-corrected chi connectivity index (χ3v) is 2.99. The number of rotatable bonds is 6. The Hall–Kier alpha value is -1.85. The quantitative estimate of drug-likeness (QED) is 0.428. The fourth-order valence-corrected chi connectivity index (χ4v) is 2.06. The first-order chi connectivity index (χ1) is 10.5. The average Bonchev–Trinajstić information content (AvgIpc) is 2.40. The van der Waals surface area contributed by atoms with Crippen LogP contribution >= 0.6 is 0 Å². The van der Waals surface area contributed by atoms with Gasteiger partial charge in [0.2, 0.25) is 0 Å². The molecule has 1 aromatic carbocycles. The maximum absolute atomic E-state index is 12.8. The standard InChI is InChI=1S/C17H21F3O3/c1-16(2,3)23-15(22)11-7-6-10-14(21)12-8-4-5-9-13(12)17(18,19)20/h4-5,8-9H,6-7,10-11H2,1-3H3. The fourth-order valence-electron chi connectivity index (χ4n) is 2.06. The maximum atomic E-state index is 12.8. The average molecular weight is 330 g/mol. The fraction of sp³-hybridized carbons (Fsp3) is 0.529. The molecular weight excluding hydrogens is 309 g/mol. The number of ketones is 1. The summed E-state index contributed by atoms with van der Waals surface area (Å²) in [5, 5.41) is 0. The molecule has 0 bridgehead atoms. The largest absolute Gasteiger partial charge is 0.460 e. The van der Waals surface area contributed by atoms with Gasteiger partial charge in [0, 0.05) is 18.4 Å². The van der Waals surface area contributed by atoms with Gasteiger partial charge in [-0.3, -0.25) is 9.59 Å². The van der Waals surface area contributed by atoms with Crippen LogP contribution in [0.1, 0.15) is 62.4 Å². The Morgan fingerprint density at radius 2 is 1.57 bits per heavy atom. The molecule has 1 rings (SSSR count). The number of esters is 1. The summed E-state index contributed by atoms with van der Waals surface area (Å²) in [6, 6.07) is 4.73. The number of hydrogen-bond donors (Lipinski definition) is 0. The van der Waals surface area contributed by atoms with Gasteiger partial charge in [0.15, 0.2) is 5.78 Å². The highest BCUT2D eigenvalue weighted by atomic mass is 19.4. The number of unbranched alkanes of at least 4 members (excludes halogenated alkanes) is 1. The van der Waals surface area contributed by atoms with Gasteiger partial charge in [-0.05, 0) is 39.7 Å². The minimum atomic E-state index is -4.55. The SMILES string of the molecule is CC(C)(C)OC(=O)CCCCC(=O)c1ccccc1C(F)(F)F. The Morgan fingerprint density at radius 1 is 1.00 bits per heavy atom. The van der Waals surface area contributed by atoms with E-state index in [0.29, 0.717) is 12.8 Å². The molecule has 0 heterocycles. The van der Waals surface area contributed by atoms with Crippen molar-refractivity contribution in [2.45, 2.75) is 58.2 Å². The van der Waals surface area contributed by atoms with E-state index in [1.807, 2.05) is 0 Å². The van der Waals surface area contributed by atoms with E-state index in [9.17, 15) is 22.8 Å². The topological polar surface area (TPSA) is 43.4 Å². The zero-order chi connectivity index (χ0) is 17.7. The Balaban J connectivity index is 2.51. The summed E-state index contributed by atoms with van der Waals surface area (Å²) in [6.07, 6.45) is -3.71. The summed E-state index contributed by atoms with van der Waals surface area (Å²) >= 11 is 0. The van der Waals surface area contributed by atoms with Gasteiger partial charge in [-0.25, -0.2) is 0 Å². The van der Waals surface area contributed by atoms with E-state index in [1.54, 1.807) is 20.8 Å². The van der Waals surface area contributed by atoms with Crippen molar-refractivity contribution in [3.8, 4) is 0 Å². The van der Waals surface area contributed by atoms with E-state index in [1.165, 1.54) is 18.2 Å². The summed E-state index contributed by atoms with van der Waals surface area (Å²) in [7, 11) is 0.